The van der Waals surface area contributed by atoms with Gasteiger partial charge in [0.15, 0.2) is 11.5 Å². The van der Waals surface area contributed by atoms with Gasteiger partial charge in [-0.1, -0.05) is 0 Å². The molecular weight excluding hydrogens is 260 g/mol. The molecule has 2 aliphatic rings. The maximum Gasteiger partial charge on any atom is 0.256 e. The SMILES string of the molecule is C[C@@H]1CN(C(=O)c2cc3c(cc2N)OCO3)C[C@H](C)O1. The van der Waals surface area contributed by atoms with E-state index in [4.69, 9.17) is 19.9 Å². The van der Waals surface area contributed by atoms with Crippen LogP contribution in [0.1, 0.15) is 24.2 Å². The van der Waals surface area contributed by atoms with Crippen LogP contribution >= 0.6 is 0 Å². The number of hydrogen-bond acceptors (Lipinski definition) is 5. The number of carbonyl (C=O) groups is 1. The molecule has 1 saturated heterocycles. The molecule has 0 spiro atoms. The minimum Gasteiger partial charge on any atom is -0.454 e. The van der Waals surface area contributed by atoms with Gasteiger partial charge in [0.25, 0.3) is 5.91 Å². The highest BCUT2D eigenvalue weighted by Gasteiger charge is 2.29. The van der Waals surface area contributed by atoms with Crippen LogP contribution in [0, 0.1) is 0 Å². The van der Waals surface area contributed by atoms with Crippen molar-refractivity contribution < 1.29 is 19.0 Å². The monoisotopic (exact) mass is 278 g/mol. The fraction of sp³-hybridized carbons (Fsp3) is 0.500. The Labute approximate surface area is 117 Å². The first kappa shape index (κ1) is 13.1. The minimum absolute atomic E-state index is 0.0259. The molecule has 2 atom stereocenters. The molecule has 1 aromatic rings. The molecule has 108 valence electrons. The number of nitrogen functional groups attached to an aromatic ring is 1. The molecule has 0 bridgehead atoms. The normalized spacial score (nSPS) is 24.8. The molecule has 0 saturated carbocycles. The van der Waals surface area contributed by atoms with Gasteiger partial charge >= 0.3 is 0 Å². The molecular formula is C14H18N2O4. The van der Waals surface area contributed by atoms with Crippen molar-refractivity contribution in [2.45, 2.75) is 26.1 Å². The van der Waals surface area contributed by atoms with Gasteiger partial charge in [0.2, 0.25) is 6.79 Å². The Balaban J connectivity index is 1.87. The van der Waals surface area contributed by atoms with Gasteiger partial charge in [-0.2, -0.15) is 0 Å². The number of benzene rings is 1. The van der Waals surface area contributed by atoms with Crippen LogP contribution in [-0.2, 0) is 4.74 Å². The number of rotatable bonds is 1. The third-order valence-corrected chi connectivity index (χ3v) is 3.48. The summed E-state index contributed by atoms with van der Waals surface area (Å²) in [5.41, 5.74) is 6.82. The van der Waals surface area contributed by atoms with Gasteiger partial charge in [-0.05, 0) is 19.9 Å². The first-order valence-corrected chi connectivity index (χ1v) is 6.68. The van der Waals surface area contributed by atoms with Gasteiger partial charge in [-0.25, -0.2) is 0 Å². The zero-order valence-corrected chi connectivity index (χ0v) is 11.6. The number of ether oxygens (including phenoxy) is 3. The lowest BCUT2D eigenvalue weighted by atomic mass is 10.1. The summed E-state index contributed by atoms with van der Waals surface area (Å²) in [7, 11) is 0. The predicted octanol–water partition coefficient (Wildman–Crippen LogP) is 1.25. The molecule has 6 heteroatoms. The quantitative estimate of drug-likeness (QED) is 0.782. The molecule has 0 aliphatic carbocycles. The maximum absolute atomic E-state index is 12.6. The van der Waals surface area contributed by atoms with E-state index in [0.717, 1.165) is 0 Å². The second-order valence-electron chi connectivity index (χ2n) is 5.26. The third kappa shape index (κ3) is 2.27. The number of anilines is 1. The van der Waals surface area contributed by atoms with Crippen LogP contribution in [0.25, 0.3) is 0 Å². The molecule has 6 nitrogen and oxygen atoms in total. The summed E-state index contributed by atoms with van der Waals surface area (Å²) in [6, 6.07) is 3.30. The van der Waals surface area contributed by atoms with Gasteiger partial charge in [-0.3, -0.25) is 4.79 Å². The molecule has 0 radical (unpaired) electrons. The highest BCUT2D eigenvalue weighted by molar-refractivity contribution is 6.00. The van der Waals surface area contributed by atoms with Crippen molar-refractivity contribution in [2.24, 2.45) is 0 Å². The van der Waals surface area contributed by atoms with E-state index < -0.39 is 0 Å². The van der Waals surface area contributed by atoms with E-state index in [1.54, 1.807) is 17.0 Å². The van der Waals surface area contributed by atoms with E-state index in [9.17, 15) is 4.79 Å². The van der Waals surface area contributed by atoms with Crippen molar-refractivity contribution in [3.8, 4) is 11.5 Å². The third-order valence-electron chi connectivity index (χ3n) is 3.48. The maximum atomic E-state index is 12.6. The molecule has 1 fully saturated rings. The van der Waals surface area contributed by atoms with Gasteiger partial charge in [0.1, 0.15) is 0 Å². The van der Waals surface area contributed by atoms with Crippen LogP contribution < -0.4 is 15.2 Å². The van der Waals surface area contributed by atoms with Crippen LogP contribution in [0.4, 0.5) is 5.69 Å². The van der Waals surface area contributed by atoms with Crippen LogP contribution in [0.5, 0.6) is 11.5 Å². The average Bonchev–Trinajstić information content (AvgIpc) is 2.82. The molecule has 2 N–H and O–H groups in total. The summed E-state index contributed by atoms with van der Waals surface area (Å²) in [4.78, 5) is 14.4. The van der Waals surface area contributed by atoms with Gasteiger partial charge in [-0.15, -0.1) is 0 Å². The number of carbonyl (C=O) groups excluding carboxylic acids is 1. The van der Waals surface area contributed by atoms with Crippen molar-refractivity contribution in [3.05, 3.63) is 17.7 Å². The summed E-state index contributed by atoms with van der Waals surface area (Å²) in [6.45, 7) is 5.21. The lowest BCUT2D eigenvalue weighted by Crippen LogP contribution is -2.48. The highest BCUT2D eigenvalue weighted by Crippen LogP contribution is 2.36. The van der Waals surface area contributed by atoms with Crippen molar-refractivity contribution in [1.29, 1.82) is 0 Å². The number of nitrogens with two attached hydrogens (primary N) is 1. The molecule has 1 aromatic carbocycles. The molecule has 3 rings (SSSR count). The van der Waals surface area contributed by atoms with E-state index in [2.05, 4.69) is 0 Å². The van der Waals surface area contributed by atoms with Crippen LogP contribution in [-0.4, -0.2) is 42.9 Å². The fourth-order valence-electron chi connectivity index (χ4n) is 2.66. The highest BCUT2D eigenvalue weighted by atomic mass is 16.7. The lowest BCUT2D eigenvalue weighted by Gasteiger charge is -2.35. The van der Waals surface area contributed by atoms with Crippen LogP contribution in [0.15, 0.2) is 12.1 Å². The van der Waals surface area contributed by atoms with Gasteiger partial charge < -0.3 is 24.8 Å². The van der Waals surface area contributed by atoms with Crippen molar-refractivity contribution in [2.75, 3.05) is 25.6 Å². The number of morpholine rings is 1. The molecule has 2 aliphatic heterocycles. The molecule has 20 heavy (non-hydrogen) atoms. The summed E-state index contributed by atoms with van der Waals surface area (Å²) in [5, 5.41) is 0. The van der Waals surface area contributed by atoms with Crippen LogP contribution in [0.2, 0.25) is 0 Å². The van der Waals surface area contributed by atoms with Crippen molar-refractivity contribution in [1.82, 2.24) is 4.90 Å². The van der Waals surface area contributed by atoms with E-state index in [0.29, 0.717) is 35.8 Å². The topological polar surface area (TPSA) is 74.0 Å². The van der Waals surface area contributed by atoms with Crippen LogP contribution in [0.3, 0.4) is 0 Å². The number of nitrogens with zero attached hydrogens (tertiary/aromatic N) is 1. The summed E-state index contributed by atoms with van der Waals surface area (Å²) in [6.07, 6.45) is 0.0517. The second kappa shape index (κ2) is 4.86. The number of hydrogen-bond donors (Lipinski definition) is 1. The minimum atomic E-state index is -0.0946. The Morgan fingerprint density at radius 2 is 1.80 bits per heavy atom. The number of fused-ring (bicyclic) bond motifs is 1. The van der Waals surface area contributed by atoms with Gasteiger partial charge in [0.05, 0.1) is 17.8 Å². The Hall–Kier alpha value is -1.95. The van der Waals surface area contributed by atoms with Gasteiger partial charge in [0, 0.05) is 24.8 Å². The Kier molecular flexibility index (Phi) is 3.17. The lowest BCUT2D eigenvalue weighted by molar-refractivity contribution is -0.0585. The summed E-state index contributed by atoms with van der Waals surface area (Å²) >= 11 is 0. The first-order valence-electron chi connectivity index (χ1n) is 6.68. The smallest absolute Gasteiger partial charge is 0.256 e. The predicted molar refractivity (Wildman–Crippen MR) is 72.9 cm³/mol. The zero-order valence-electron chi connectivity index (χ0n) is 11.6. The molecule has 2 heterocycles. The standard InChI is InChI=1S/C14H18N2O4/c1-8-5-16(6-9(2)20-8)14(17)10-3-12-13(4-11(10)15)19-7-18-12/h3-4,8-9H,5-7,15H2,1-2H3/t8-,9+. The number of amides is 1. The Morgan fingerprint density at radius 1 is 1.20 bits per heavy atom. The van der Waals surface area contributed by atoms with Crippen molar-refractivity contribution in [3.63, 3.8) is 0 Å². The first-order chi connectivity index (χ1) is 9.54. The van der Waals surface area contributed by atoms with Crippen molar-refractivity contribution >= 4 is 11.6 Å². The molecule has 1 amide bonds. The Bertz CT molecular complexity index is 536. The molecule has 0 aromatic heterocycles. The fourth-order valence-corrected chi connectivity index (χ4v) is 2.66. The summed E-state index contributed by atoms with van der Waals surface area (Å²) < 4.78 is 16.2. The van der Waals surface area contributed by atoms with E-state index in [1.165, 1.54) is 0 Å². The largest absolute Gasteiger partial charge is 0.454 e. The Morgan fingerprint density at radius 3 is 2.45 bits per heavy atom. The van der Waals surface area contributed by atoms with E-state index >= 15 is 0 Å². The summed E-state index contributed by atoms with van der Waals surface area (Å²) in [5.74, 6) is 1.06. The second-order valence-corrected chi connectivity index (χ2v) is 5.26. The zero-order chi connectivity index (χ0) is 14.3. The van der Waals surface area contributed by atoms with E-state index in [1.807, 2.05) is 13.8 Å². The average molecular weight is 278 g/mol. The molecule has 0 unspecified atom stereocenters. The van der Waals surface area contributed by atoms with E-state index in [-0.39, 0.29) is 24.9 Å².